The number of rotatable bonds is 4. The van der Waals surface area contributed by atoms with Gasteiger partial charge in [0.2, 0.25) is 0 Å². The lowest BCUT2D eigenvalue weighted by atomic mass is 10.2. The van der Waals surface area contributed by atoms with Gasteiger partial charge < -0.3 is 16.4 Å². The maximum absolute atomic E-state index is 12.6. The monoisotopic (exact) mass is 225 g/mol. The maximum Gasteiger partial charge on any atom is 0.319 e. The van der Waals surface area contributed by atoms with Gasteiger partial charge in [0, 0.05) is 12.2 Å². The number of carbonyl (C=O) groups is 1. The van der Waals surface area contributed by atoms with Gasteiger partial charge in [-0.05, 0) is 36.7 Å². The molecule has 2 amide bonds. The van der Waals surface area contributed by atoms with E-state index in [1.54, 1.807) is 0 Å². The number of nitrogens with one attached hydrogen (secondary N) is 2. The van der Waals surface area contributed by atoms with Gasteiger partial charge in [-0.25, -0.2) is 9.18 Å². The molecule has 1 aromatic rings. The van der Waals surface area contributed by atoms with Gasteiger partial charge >= 0.3 is 6.03 Å². The Labute approximate surface area is 94.0 Å². The molecule has 1 atom stereocenters. The molecule has 0 aliphatic rings. The van der Waals surface area contributed by atoms with E-state index in [4.69, 9.17) is 5.73 Å². The molecule has 0 heterocycles. The van der Waals surface area contributed by atoms with Gasteiger partial charge in [-0.3, -0.25) is 0 Å². The normalized spacial score (nSPS) is 11.9. The van der Waals surface area contributed by atoms with Crippen LogP contribution in [0.25, 0.3) is 0 Å². The van der Waals surface area contributed by atoms with E-state index in [0.717, 1.165) is 0 Å². The minimum Gasteiger partial charge on any atom is -0.338 e. The minimum absolute atomic E-state index is 0.235. The van der Waals surface area contributed by atoms with Gasteiger partial charge in [-0.1, -0.05) is 6.92 Å². The Morgan fingerprint density at radius 1 is 1.44 bits per heavy atom. The first-order chi connectivity index (χ1) is 7.61. The average Bonchev–Trinajstić information content (AvgIpc) is 2.29. The smallest absolute Gasteiger partial charge is 0.319 e. The Morgan fingerprint density at radius 3 is 2.62 bits per heavy atom. The molecule has 0 spiro atoms. The topological polar surface area (TPSA) is 67.1 Å². The number of halogens is 1. The molecular formula is C11H16FN3O. The van der Waals surface area contributed by atoms with Crippen LogP contribution in [0, 0.1) is 11.7 Å². The third kappa shape index (κ3) is 4.27. The van der Waals surface area contributed by atoms with Crippen LogP contribution in [0.5, 0.6) is 0 Å². The number of benzene rings is 1. The van der Waals surface area contributed by atoms with Crippen LogP contribution in [0.15, 0.2) is 24.3 Å². The van der Waals surface area contributed by atoms with Gasteiger partial charge in [0.25, 0.3) is 0 Å². The highest BCUT2D eigenvalue weighted by atomic mass is 19.1. The third-order valence-corrected chi connectivity index (χ3v) is 2.12. The summed E-state index contributed by atoms with van der Waals surface area (Å²) in [6.07, 6.45) is 0. The van der Waals surface area contributed by atoms with E-state index in [1.807, 2.05) is 6.92 Å². The number of carbonyl (C=O) groups excluding carboxylic acids is 1. The molecule has 0 aromatic heterocycles. The molecule has 0 aliphatic heterocycles. The second-order valence-corrected chi connectivity index (χ2v) is 3.68. The van der Waals surface area contributed by atoms with E-state index in [0.29, 0.717) is 18.8 Å². The van der Waals surface area contributed by atoms with Gasteiger partial charge in [0.05, 0.1) is 0 Å². The molecule has 16 heavy (non-hydrogen) atoms. The molecular weight excluding hydrogens is 209 g/mol. The number of amides is 2. The number of urea groups is 1. The van der Waals surface area contributed by atoms with Crippen LogP contribution in [0.2, 0.25) is 0 Å². The van der Waals surface area contributed by atoms with E-state index in [2.05, 4.69) is 10.6 Å². The fraction of sp³-hybridized carbons (Fsp3) is 0.364. The Kier molecular flexibility index (Phi) is 4.72. The summed E-state index contributed by atoms with van der Waals surface area (Å²) >= 11 is 0. The van der Waals surface area contributed by atoms with Crippen molar-refractivity contribution in [2.24, 2.45) is 11.7 Å². The van der Waals surface area contributed by atoms with Crippen molar-refractivity contribution in [3.05, 3.63) is 30.1 Å². The minimum atomic E-state index is -0.331. The summed E-state index contributed by atoms with van der Waals surface area (Å²) < 4.78 is 12.6. The Morgan fingerprint density at radius 2 is 2.06 bits per heavy atom. The Hall–Kier alpha value is -1.62. The molecule has 0 saturated carbocycles. The quantitative estimate of drug-likeness (QED) is 0.727. The zero-order valence-electron chi connectivity index (χ0n) is 9.16. The van der Waals surface area contributed by atoms with Crippen LogP contribution in [0.3, 0.4) is 0 Å². The van der Waals surface area contributed by atoms with Gasteiger partial charge in [-0.15, -0.1) is 0 Å². The van der Waals surface area contributed by atoms with Crippen LogP contribution < -0.4 is 16.4 Å². The predicted octanol–water partition coefficient (Wildman–Crippen LogP) is 1.54. The molecule has 0 radical (unpaired) electrons. The summed E-state index contributed by atoms with van der Waals surface area (Å²) in [5.74, 6) is -0.0957. The molecule has 1 unspecified atom stereocenters. The van der Waals surface area contributed by atoms with Crippen LogP contribution in [-0.4, -0.2) is 19.1 Å². The lowest BCUT2D eigenvalue weighted by molar-refractivity contribution is 0.250. The highest BCUT2D eigenvalue weighted by Gasteiger charge is 2.03. The van der Waals surface area contributed by atoms with E-state index in [9.17, 15) is 9.18 Å². The second-order valence-electron chi connectivity index (χ2n) is 3.68. The molecule has 0 saturated heterocycles. The summed E-state index contributed by atoms with van der Waals surface area (Å²) in [6.45, 7) is 2.98. The molecule has 1 aromatic carbocycles. The number of hydrogen-bond acceptors (Lipinski definition) is 2. The van der Waals surface area contributed by atoms with Gasteiger partial charge in [0.1, 0.15) is 5.82 Å². The zero-order chi connectivity index (χ0) is 12.0. The lowest BCUT2D eigenvalue weighted by Gasteiger charge is -2.11. The maximum atomic E-state index is 12.6. The zero-order valence-corrected chi connectivity index (χ0v) is 9.16. The van der Waals surface area contributed by atoms with Crippen molar-refractivity contribution in [2.45, 2.75) is 6.92 Å². The molecule has 0 bridgehead atoms. The summed E-state index contributed by atoms with van der Waals surface area (Å²) in [4.78, 5) is 11.4. The first-order valence-electron chi connectivity index (χ1n) is 5.12. The molecule has 4 N–H and O–H groups in total. The van der Waals surface area contributed by atoms with Gasteiger partial charge in [0.15, 0.2) is 0 Å². The van der Waals surface area contributed by atoms with Crippen LogP contribution in [-0.2, 0) is 0 Å². The fourth-order valence-electron chi connectivity index (χ4n) is 1.06. The SMILES string of the molecule is CC(CN)CNC(=O)Nc1ccc(F)cc1. The van der Waals surface area contributed by atoms with Gasteiger partial charge in [-0.2, -0.15) is 0 Å². The Bertz CT molecular complexity index is 340. The fourth-order valence-corrected chi connectivity index (χ4v) is 1.06. The standard InChI is InChI=1S/C11H16FN3O/c1-8(6-13)7-14-11(16)15-10-4-2-9(12)3-5-10/h2-5,8H,6-7,13H2,1H3,(H2,14,15,16). The average molecular weight is 225 g/mol. The van der Waals surface area contributed by atoms with Crippen molar-refractivity contribution < 1.29 is 9.18 Å². The van der Waals surface area contributed by atoms with Crippen LogP contribution >= 0.6 is 0 Å². The first kappa shape index (κ1) is 12.4. The lowest BCUT2D eigenvalue weighted by Crippen LogP contribution is -2.34. The summed E-state index contributed by atoms with van der Waals surface area (Å²) in [7, 11) is 0. The van der Waals surface area contributed by atoms with Crippen molar-refractivity contribution in [3.63, 3.8) is 0 Å². The van der Waals surface area contributed by atoms with E-state index in [-0.39, 0.29) is 17.8 Å². The van der Waals surface area contributed by atoms with E-state index < -0.39 is 0 Å². The number of nitrogens with two attached hydrogens (primary N) is 1. The van der Waals surface area contributed by atoms with E-state index in [1.165, 1.54) is 24.3 Å². The predicted molar refractivity (Wildman–Crippen MR) is 61.6 cm³/mol. The van der Waals surface area contributed by atoms with Crippen LogP contribution in [0.4, 0.5) is 14.9 Å². The Balaban J connectivity index is 2.37. The molecule has 0 fully saturated rings. The van der Waals surface area contributed by atoms with Crippen molar-refractivity contribution in [3.8, 4) is 0 Å². The van der Waals surface area contributed by atoms with E-state index >= 15 is 0 Å². The highest BCUT2D eigenvalue weighted by Crippen LogP contribution is 2.07. The molecule has 5 heteroatoms. The summed E-state index contributed by atoms with van der Waals surface area (Å²) in [5, 5.41) is 5.26. The van der Waals surface area contributed by atoms with Crippen molar-refractivity contribution in [2.75, 3.05) is 18.4 Å². The largest absolute Gasteiger partial charge is 0.338 e. The molecule has 4 nitrogen and oxygen atoms in total. The summed E-state index contributed by atoms with van der Waals surface area (Å²) in [6, 6.07) is 5.27. The third-order valence-electron chi connectivity index (χ3n) is 2.12. The first-order valence-corrected chi connectivity index (χ1v) is 5.12. The molecule has 88 valence electrons. The molecule has 1 rings (SSSR count). The highest BCUT2D eigenvalue weighted by molar-refractivity contribution is 5.89. The number of anilines is 1. The second kappa shape index (κ2) is 6.07. The van der Waals surface area contributed by atoms with Crippen molar-refractivity contribution in [1.29, 1.82) is 0 Å². The van der Waals surface area contributed by atoms with Crippen molar-refractivity contribution >= 4 is 11.7 Å². The number of hydrogen-bond donors (Lipinski definition) is 3. The van der Waals surface area contributed by atoms with Crippen molar-refractivity contribution in [1.82, 2.24) is 5.32 Å². The summed E-state index contributed by atoms with van der Waals surface area (Å²) in [5.41, 5.74) is 5.97. The van der Waals surface area contributed by atoms with Crippen LogP contribution in [0.1, 0.15) is 6.92 Å². The molecule has 0 aliphatic carbocycles.